The second-order valence-corrected chi connectivity index (χ2v) is 8.63. The van der Waals surface area contributed by atoms with Crippen LogP contribution in [-0.2, 0) is 6.54 Å². The highest BCUT2D eigenvalue weighted by Gasteiger charge is 2.20. The zero-order chi connectivity index (χ0) is 24.4. The maximum absolute atomic E-state index is 11.0. The molecule has 0 fully saturated rings. The first-order valence-electron chi connectivity index (χ1n) is 11.5. The molecule has 1 atom stereocenters. The maximum Gasteiger partial charge on any atom is 0.335 e. The van der Waals surface area contributed by atoms with Crippen LogP contribution in [0.15, 0.2) is 89.5 Å². The molecule has 0 spiro atoms. The van der Waals surface area contributed by atoms with Gasteiger partial charge in [-0.1, -0.05) is 65.8 Å². The minimum Gasteiger partial charge on any atom is -0.478 e. The number of hydrogen-bond acceptors (Lipinski definition) is 5. The van der Waals surface area contributed by atoms with E-state index in [-0.39, 0.29) is 11.5 Å². The molecule has 5 rings (SSSR count). The Balaban J connectivity index is 1.36. The van der Waals surface area contributed by atoms with E-state index in [1.54, 1.807) is 12.1 Å². The molecule has 0 aliphatic carbocycles. The van der Waals surface area contributed by atoms with Crippen molar-refractivity contribution in [3.63, 3.8) is 0 Å². The van der Waals surface area contributed by atoms with Crippen molar-refractivity contribution in [3.8, 4) is 11.4 Å². The van der Waals surface area contributed by atoms with E-state index in [0.717, 1.165) is 27.9 Å². The van der Waals surface area contributed by atoms with E-state index in [4.69, 9.17) is 14.6 Å². The third-order valence-electron chi connectivity index (χ3n) is 6.28. The Morgan fingerprint density at radius 3 is 2.57 bits per heavy atom. The summed E-state index contributed by atoms with van der Waals surface area (Å²) in [6.45, 7) is 4.67. The molecule has 1 aromatic heterocycles. The van der Waals surface area contributed by atoms with Gasteiger partial charge in [0.25, 0.3) is 0 Å². The van der Waals surface area contributed by atoms with Crippen LogP contribution in [-0.4, -0.2) is 21.2 Å². The molecule has 4 aromatic carbocycles. The lowest BCUT2D eigenvalue weighted by Crippen LogP contribution is -2.02. The molecule has 174 valence electrons. The minimum absolute atomic E-state index is 0.0438. The van der Waals surface area contributed by atoms with Gasteiger partial charge in [-0.25, -0.2) is 4.79 Å². The Bertz CT molecular complexity index is 1500. The van der Waals surface area contributed by atoms with E-state index in [0.29, 0.717) is 18.3 Å². The number of rotatable bonds is 7. The van der Waals surface area contributed by atoms with E-state index in [1.807, 2.05) is 49.4 Å². The molecular weight excluding hydrogens is 438 g/mol. The molecule has 0 aliphatic rings. The molecule has 2 N–H and O–H groups in total. The number of nitrogens with one attached hydrogen (secondary N) is 1. The molecule has 0 radical (unpaired) electrons. The van der Waals surface area contributed by atoms with Crippen LogP contribution >= 0.6 is 0 Å². The first-order chi connectivity index (χ1) is 17.0. The molecule has 0 saturated heterocycles. The summed E-state index contributed by atoms with van der Waals surface area (Å²) >= 11 is 0. The average Bonchev–Trinajstić information content (AvgIpc) is 3.38. The number of carboxylic acid groups (broad SMARTS) is 1. The van der Waals surface area contributed by atoms with Crippen LogP contribution in [0.2, 0.25) is 0 Å². The zero-order valence-corrected chi connectivity index (χ0v) is 19.5. The van der Waals surface area contributed by atoms with E-state index in [9.17, 15) is 4.79 Å². The number of aromatic carboxylic acids is 1. The van der Waals surface area contributed by atoms with Gasteiger partial charge in [-0.15, -0.1) is 0 Å². The van der Waals surface area contributed by atoms with Crippen LogP contribution in [0.3, 0.4) is 0 Å². The molecule has 5 aromatic rings. The molecule has 0 bridgehead atoms. The lowest BCUT2D eigenvalue weighted by Gasteiger charge is -2.11. The summed E-state index contributed by atoms with van der Waals surface area (Å²) in [5.41, 5.74) is 5.28. The second kappa shape index (κ2) is 9.43. The number of nitrogens with zero attached hydrogens (tertiary/aromatic N) is 2. The predicted octanol–water partition coefficient (Wildman–Crippen LogP) is 6.66. The van der Waals surface area contributed by atoms with E-state index in [2.05, 4.69) is 47.7 Å². The van der Waals surface area contributed by atoms with Crippen molar-refractivity contribution >= 4 is 22.4 Å². The van der Waals surface area contributed by atoms with Crippen LogP contribution < -0.4 is 5.32 Å². The SMILES string of the molecule is Cc1ccc(NCc2ccc(C(=O)O)cc2)cc1-c1noc(C(C)c2cccc3ccccc23)n1. The molecule has 0 saturated carbocycles. The highest BCUT2D eigenvalue weighted by Crippen LogP contribution is 2.32. The van der Waals surface area contributed by atoms with Crippen molar-refractivity contribution < 1.29 is 14.4 Å². The fraction of sp³-hybridized carbons (Fsp3) is 0.138. The number of aromatic nitrogens is 2. The number of carbonyl (C=O) groups is 1. The van der Waals surface area contributed by atoms with Gasteiger partial charge in [0, 0.05) is 17.8 Å². The van der Waals surface area contributed by atoms with E-state index < -0.39 is 5.97 Å². The summed E-state index contributed by atoms with van der Waals surface area (Å²) in [6, 6.07) is 27.4. The summed E-state index contributed by atoms with van der Waals surface area (Å²) in [6.07, 6.45) is 0. The topological polar surface area (TPSA) is 88.2 Å². The van der Waals surface area contributed by atoms with Crippen molar-refractivity contribution in [1.29, 1.82) is 0 Å². The van der Waals surface area contributed by atoms with Crippen LogP contribution in [0.4, 0.5) is 5.69 Å². The lowest BCUT2D eigenvalue weighted by atomic mass is 9.95. The Kier molecular flexibility index (Phi) is 6.02. The number of hydrogen-bond donors (Lipinski definition) is 2. The molecule has 6 heteroatoms. The van der Waals surface area contributed by atoms with Gasteiger partial charge in [0.15, 0.2) is 0 Å². The molecule has 35 heavy (non-hydrogen) atoms. The zero-order valence-electron chi connectivity index (χ0n) is 19.5. The quantitative estimate of drug-likeness (QED) is 0.281. The van der Waals surface area contributed by atoms with Crippen molar-refractivity contribution in [2.45, 2.75) is 26.3 Å². The van der Waals surface area contributed by atoms with Gasteiger partial charge in [0.2, 0.25) is 11.7 Å². The Morgan fingerprint density at radius 1 is 1.00 bits per heavy atom. The third kappa shape index (κ3) is 4.64. The third-order valence-corrected chi connectivity index (χ3v) is 6.28. The Hall–Kier alpha value is -4.45. The fourth-order valence-corrected chi connectivity index (χ4v) is 4.22. The monoisotopic (exact) mass is 463 g/mol. The summed E-state index contributed by atoms with van der Waals surface area (Å²) in [5.74, 6) is 0.159. The van der Waals surface area contributed by atoms with Gasteiger partial charge in [-0.3, -0.25) is 0 Å². The summed E-state index contributed by atoms with van der Waals surface area (Å²) in [7, 11) is 0. The van der Waals surface area contributed by atoms with Crippen molar-refractivity contribution in [2.24, 2.45) is 0 Å². The highest BCUT2D eigenvalue weighted by molar-refractivity contribution is 5.87. The van der Waals surface area contributed by atoms with Crippen LogP contribution in [0, 0.1) is 6.92 Å². The first-order valence-corrected chi connectivity index (χ1v) is 11.5. The normalized spacial score (nSPS) is 11.9. The van der Waals surface area contributed by atoms with Crippen molar-refractivity contribution in [1.82, 2.24) is 10.1 Å². The average molecular weight is 464 g/mol. The number of carboxylic acids is 1. The molecule has 6 nitrogen and oxygen atoms in total. The van der Waals surface area contributed by atoms with Gasteiger partial charge < -0.3 is 14.9 Å². The maximum atomic E-state index is 11.0. The molecule has 1 unspecified atom stereocenters. The van der Waals surface area contributed by atoms with Gasteiger partial charge >= 0.3 is 5.97 Å². The molecule has 0 aliphatic heterocycles. The standard InChI is InChI=1S/C29H25N3O3/c1-18-10-15-23(30-17-20-11-13-22(14-12-20)29(33)34)16-26(18)27-31-28(35-32-27)19(2)24-9-5-7-21-6-3-4-8-25(21)24/h3-16,19,30H,17H2,1-2H3,(H,33,34). The van der Waals surface area contributed by atoms with Crippen molar-refractivity contribution in [3.05, 3.63) is 113 Å². The largest absolute Gasteiger partial charge is 0.478 e. The lowest BCUT2D eigenvalue weighted by molar-refractivity contribution is 0.0697. The van der Waals surface area contributed by atoms with Crippen molar-refractivity contribution in [2.75, 3.05) is 5.32 Å². The second-order valence-electron chi connectivity index (χ2n) is 8.63. The summed E-state index contributed by atoms with van der Waals surface area (Å²) < 4.78 is 5.71. The molecule has 1 heterocycles. The van der Waals surface area contributed by atoms with Gasteiger partial charge in [0.05, 0.1) is 11.5 Å². The highest BCUT2D eigenvalue weighted by atomic mass is 16.5. The van der Waals surface area contributed by atoms with Gasteiger partial charge in [0.1, 0.15) is 0 Å². The Labute approximate surface area is 203 Å². The fourth-order valence-electron chi connectivity index (χ4n) is 4.22. The molecular formula is C29H25N3O3. The van der Waals surface area contributed by atoms with E-state index in [1.165, 1.54) is 10.8 Å². The summed E-state index contributed by atoms with van der Waals surface area (Å²) in [4.78, 5) is 15.8. The first kappa shape index (κ1) is 22.3. The molecule has 0 amide bonds. The van der Waals surface area contributed by atoms with E-state index >= 15 is 0 Å². The number of aryl methyl sites for hydroxylation is 1. The van der Waals surface area contributed by atoms with Crippen LogP contribution in [0.25, 0.3) is 22.2 Å². The Morgan fingerprint density at radius 2 is 1.77 bits per heavy atom. The number of anilines is 1. The summed E-state index contributed by atoms with van der Waals surface area (Å²) in [5, 5.41) is 19.1. The van der Waals surface area contributed by atoms with Crippen LogP contribution in [0.5, 0.6) is 0 Å². The number of benzene rings is 4. The smallest absolute Gasteiger partial charge is 0.335 e. The van der Waals surface area contributed by atoms with Gasteiger partial charge in [-0.05, 0) is 65.6 Å². The predicted molar refractivity (Wildman–Crippen MR) is 137 cm³/mol. The van der Waals surface area contributed by atoms with Crippen LogP contribution in [0.1, 0.15) is 45.8 Å². The van der Waals surface area contributed by atoms with Gasteiger partial charge in [-0.2, -0.15) is 4.98 Å². The minimum atomic E-state index is -0.929. The number of fused-ring (bicyclic) bond motifs is 1.